The van der Waals surface area contributed by atoms with Crippen molar-refractivity contribution in [2.24, 2.45) is 0 Å². The molecule has 0 saturated heterocycles. The van der Waals surface area contributed by atoms with Crippen molar-refractivity contribution >= 4 is 19.9 Å². The molecular formula is C20H19ClOS. The molecule has 0 radical (unpaired) electrons. The van der Waals surface area contributed by atoms with Gasteiger partial charge in [-0.3, -0.25) is 0 Å². The number of hydrogen-bond acceptors (Lipinski definition) is 1. The fourth-order valence-electron chi connectivity index (χ4n) is 2.70. The van der Waals surface area contributed by atoms with E-state index in [1.54, 1.807) is 0 Å². The zero-order valence-electron chi connectivity index (χ0n) is 13.2. The number of benzene rings is 3. The van der Waals surface area contributed by atoms with Crippen LogP contribution in [0.15, 0.2) is 87.5 Å². The number of phenols is 1. The number of aryl methyl sites for hydroxylation is 2. The predicted molar refractivity (Wildman–Crippen MR) is 98.7 cm³/mol. The minimum atomic E-state index is -1.88. The summed E-state index contributed by atoms with van der Waals surface area (Å²) in [5.74, 6) is 0.341. The molecule has 118 valence electrons. The summed E-state index contributed by atoms with van der Waals surface area (Å²) in [6.45, 7) is 3.83. The van der Waals surface area contributed by atoms with Gasteiger partial charge in [0.15, 0.2) is 0 Å². The van der Waals surface area contributed by atoms with Gasteiger partial charge in [-0.2, -0.15) is 0 Å². The van der Waals surface area contributed by atoms with E-state index in [1.165, 1.54) is 0 Å². The Morgan fingerprint density at radius 3 is 1.48 bits per heavy atom. The van der Waals surface area contributed by atoms with Crippen molar-refractivity contribution in [1.82, 2.24) is 0 Å². The SMILES string of the molecule is Cc1cc(S(Cl)(c2ccccc2)c2ccccc2)cc(C)c1O. The summed E-state index contributed by atoms with van der Waals surface area (Å²) >= 11 is 0. The topological polar surface area (TPSA) is 20.2 Å². The van der Waals surface area contributed by atoms with Crippen molar-refractivity contribution in [3.8, 4) is 5.75 Å². The Morgan fingerprint density at radius 1 is 0.696 bits per heavy atom. The summed E-state index contributed by atoms with van der Waals surface area (Å²) in [7, 11) is 5.44. The molecule has 23 heavy (non-hydrogen) atoms. The standard InChI is InChI=1S/C20H19ClOS/c1-15-13-19(14-16(2)20(15)22)23(21,17-9-5-3-6-10-17)18-11-7-4-8-12-18/h3-14,22H,1-2H3. The lowest BCUT2D eigenvalue weighted by Crippen LogP contribution is -1.98. The molecule has 0 unspecified atom stereocenters. The lowest BCUT2D eigenvalue weighted by Gasteiger charge is -2.35. The molecule has 0 fully saturated rings. The second kappa shape index (κ2) is 6.31. The second-order valence-electron chi connectivity index (χ2n) is 5.57. The molecule has 0 saturated carbocycles. The molecule has 0 aromatic heterocycles. The zero-order valence-corrected chi connectivity index (χ0v) is 14.7. The van der Waals surface area contributed by atoms with Gasteiger partial charge in [0.25, 0.3) is 0 Å². The first kappa shape index (κ1) is 16.0. The van der Waals surface area contributed by atoms with E-state index in [-0.39, 0.29) is 0 Å². The van der Waals surface area contributed by atoms with Crippen molar-refractivity contribution in [3.63, 3.8) is 0 Å². The average Bonchev–Trinajstić information content (AvgIpc) is 2.60. The number of rotatable bonds is 3. The number of halogens is 1. The van der Waals surface area contributed by atoms with Gasteiger partial charge >= 0.3 is 0 Å². The lowest BCUT2D eigenvalue weighted by atomic mass is 10.1. The molecule has 0 spiro atoms. The molecule has 0 bridgehead atoms. The third-order valence-corrected chi connectivity index (χ3v) is 8.26. The van der Waals surface area contributed by atoms with Crippen LogP contribution < -0.4 is 0 Å². The summed E-state index contributed by atoms with van der Waals surface area (Å²) in [6, 6.07) is 24.4. The first-order chi connectivity index (χ1) is 11.0. The van der Waals surface area contributed by atoms with E-state index in [2.05, 4.69) is 24.3 Å². The van der Waals surface area contributed by atoms with Crippen molar-refractivity contribution in [1.29, 1.82) is 0 Å². The van der Waals surface area contributed by atoms with Crippen molar-refractivity contribution < 1.29 is 5.11 Å². The van der Waals surface area contributed by atoms with Crippen LogP contribution in [0.1, 0.15) is 11.1 Å². The fourth-order valence-corrected chi connectivity index (χ4v) is 6.15. The van der Waals surface area contributed by atoms with Crippen LogP contribution in [0, 0.1) is 13.8 Å². The van der Waals surface area contributed by atoms with Crippen LogP contribution in [0.25, 0.3) is 0 Å². The molecule has 0 heterocycles. The van der Waals surface area contributed by atoms with Crippen LogP contribution >= 0.6 is 19.9 Å². The molecule has 0 aliphatic rings. The van der Waals surface area contributed by atoms with E-state index in [4.69, 9.17) is 10.7 Å². The van der Waals surface area contributed by atoms with Crippen molar-refractivity contribution in [2.75, 3.05) is 0 Å². The summed E-state index contributed by atoms with van der Waals surface area (Å²) in [5.41, 5.74) is 1.70. The van der Waals surface area contributed by atoms with E-state index in [9.17, 15) is 5.11 Å². The molecule has 0 aliphatic carbocycles. The highest BCUT2D eigenvalue weighted by Crippen LogP contribution is 2.72. The zero-order chi connectivity index (χ0) is 16.4. The van der Waals surface area contributed by atoms with Gasteiger partial charge in [0.05, 0.1) is 0 Å². The summed E-state index contributed by atoms with van der Waals surface area (Å²) in [6.07, 6.45) is 0. The van der Waals surface area contributed by atoms with Gasteiger partial charge < -0.3 is 5.11 Å². The third kappa shape index (κ3) is 2.85. The average molecular weight is 343 g/mol. The maximum absolute atomic E-state index is 10.1. The molecule has 0 atom stereocenters. The van der Waals surface area contributed by atoms with Gasteiger partial charge in [-0.25, -0.2) is 0 Å². The van der Waals surface area contributed by atoms with E-state index < -0.39 is 9.24 Å². The highest BCUT2D eigenvalue weighted by molar-refractivity contribution is 8.51. The van der Waals surface area contributed by atoms with Crippen molar-refractivity contribution in [2.45, 2.75) is 28.5 Å². The van der Waals surface area contributed by atoms with Crippen LogP contribution in [0.2, 0.25) is 0 Å². The molecule has 3 rings (SSSR count). The minimum Gasteiger partial charge on any atom is -0.507 e. The van der Waals surface area contributed by atoms with Gasteiger partial charge in [0.2, 0.25) is 0 Å². The Morgan fingerprint density at radius 2 is 1.09 bits per heavy atom. The summed E-state index contributed by atoms with van der Waals surface area (Å²) in [5, 5.41) is 10.1. The Labute approximate surface area is 143 Å². The first-order valence-electron chi connectivity index (χ1n) is 7.47. The molecule has 1 N–H and O–H groups in total. The van der Waals surface area contributed by atoms with Crippen LogP contribution in [0.4, 0.5) is 0 Å². The van der Waals surface area contributed by atoms with Crippen LogP contribution in [-0.4, -0.2) is 5.11 Å². The number of phenolic OH excluding ortho intramolecular Hbond substituents is 1. The van der Waals surface area contributed by atoms with E-state index in [1.807, 2.05) is 62.4 Å². The Kier molecular flexibility index (Phi) is 4.38. The second-order valence-corrected chi connectivity index (χ2v) is 9.45. The number of hydrogen-bond donors (Lipinski definition) is 1. The highest BCUT2D eigenvalue weighted by atomic mass is 35.7. The normalized spacial score (nSPS) is 12.1. The van der Waals surface area contributed by atoms with Gasteiger partial charge in [-0.15, -0.1) is 0 Å². The van der Waals surface area contributed by atoms with E-state index >= 15 is 0 Å². The van der Waals surface area contributed by atoms with Gasteiger partial charge in [-0.1, -0.05) is 56.3 Å². The van der Waals surface area contributed by atoms with Gasteiger partial charge in [-0.05, 0) is 61.4 Å². The lowest BCUT2D eigenvalue weighted by molar-refractivity contribution is 0.466. The summed E-state index contributed by atoms with van der Waals surface area (Å²) in [4.78, 5) is 3.24. The molecule has 1 nitrogen and oxygen atoms in total. The molecule has 3 aromatic carbocycles. The van der Waals surface area contributed by atoms with Gasteiger partial charge in [0.1, 0.15) is 5.75 Å². The molecule has 3 heteroatoms. The Bertz CT molecular complexity index is 753. The Balaban J connectivity index is 2.29. The first-order valence-corrected chi connectivity index (χ1v) is 9.93. The van der Waals surface area contributed by atoms with Crippen molar-refractivity contribution in [3.05, 3.63) is 83.9 Å². The molecule has 0 amide bonds. The Hall–Kier alpha value is -1.90. The van der Waals surface area contributed by atoms with Crippen LogP contribution in [-0.2, 0) is 0 Å². The molecular weight excluding hydrogens is 324 g/mol. The molecule has 0 aliphatic heterocycles. The maximum Gasteiger partial charge on any atom is 0.121 e. The van der Waals surface area contributed by atoms with E-state index in [0.29, 0.717) is 5.75 Å². The monoisotopic (exact) mass is 342 g/mol. The fraction of sp³-hybridized carbons (Fsp3) is 0.100. The van der Waals surface area contributed by atoms with Gasteiger partial charge in [0, 0.05) is 14.7 Å². The highest BCUT2D eigenvalue weighted by Gasteiger charge is 2.29. The smallest absolute Gasteiger partial charge is 0.121 e. The molecule has 3 aromatic rings. The van der Waals surface area contributed by atoms with Crippen LogP contribution in [0.5, 0.6) is 5.75 Å². The largest absolute Gasteiger partial charge is 0.507 e. The third-order valence-electron chi connectivity index (χ3n) is 3.93. The predicted octanol–water partition coefficient (Wildman–Crippen LogP) is 6.44. The summed E-state index contributed by atoms with van der Waals surface area (Å²) < 4.78 is 0. The quantitative estimate of drug-likeness (QED) is 0.580. The maximum atomic E-state index is 10.1. The van der Waals surface area contributed by atoms with E-state index in [0.717, 1.165) is 25.8 Å². The number of aromatic hydroxyl groups is 1. The van der Waals surface area contributed by atoms with Crippen LogP contribution in [0.3, 0.4) is 0 Å². The minimum absolute atomic E-state index is 0.341.